The molecule has 4 nitrogen and oxygen atoms in total. The predicted molar refractivity (Wildman–Crippen MR) is 91.9 cm³/mol. The molecule has 2 rings (SSSR count). The lowest BCUT2D eigenvalue weighted by atomic mass is 10.2. The Morgan fingerprint density at radius 1 is 1.29 bits per heavy atom. The van der Waals surface area contributed by atoms with Gasteiger partial charge in [-0.2, -0.15) is 11.8 Å². The summed E-state index contributed by atoms with van der Waals surface area (Å²) in [6, 6.07) is 7.70. The van der Waals surface area contributed by atoms with E-state index in [4.69, 9.17) is 0 Å². The lowest BCUT2D eigenvalue weighted by Crippen LogP contribution is -2.50. The Kier molecular flexibility index (Phi) is 6.14. The molecule has 1 heterocycles. The quantitative estimate of drug-likeness (QED) is 0.908. The highest BCUT2D eigenvalue weighted by molar-refractivity contribution is 7.98. The van der Waals surface area contributed by atoms with Crippen molar-refractivity contribution in [3.8, 4) is 0 Å². The first-order valence-electron chi connectivity index (χ1n) is 7.22. The number of benzene rings is 1. The summed E-state index contributed by atoms with van der Waals surface area (Å²) in [4.78, 5) is 16.5. The first-order chi connectivity index (χ1) is 10.2. The topological polar surface area (TPSA) is 35.6 Å². The maximum Gasteiger partial charge on any atom is 0.321 e. The van der Waals surface area contributed by atoms with Crippen molar-refractivity contribution in [1.82, 2.24) is 9.80 Å². The van der Waals surface area contributed by atoms with Crippen molar-refractivity contribution in [2.24, 2.45) is 0 Å². The zero-order chi connectivity index (χ0) is 15.1. The maximum atomic E-state index is 12.2. The van der Waals surface area contributed by atoms with Gasteiger partial charge in [0.2, 0.25) is 0 Å². The number of nitrogens with one attached hydrogen (secondary N) is 1. The van der Waals surface area contributed by atoms with Gasteiger partial charge in [0.05, 0.1) is 0 Å². The molecule has 1 aromatic rings. The smallest absolute Gasteiger partial charge is 0.321 e. The number of carbonyl (C=O) groups is 1. The monoisotopic (exact) mass is 305 g/mol. The number of amides is 2. The van der Waals surface area contributed by atoms with Gasteiger partial charge >= 0.3 is 6.03 Å². The van der Waals surface area contributed by atoms with E-state index in [1.807, 2.05) is 40.9 Å². The van der Waals surface area contributed by atoms with Gasteiger partial charge in [-0.25, -0.2) is 4.79 Å². The number of hydrogen-bond donors (Lipinski definition) is 1. The standard InChI is InChI=1S/C16H23N3OS/c1-3-14-4-6-15(7-5-14)17-16(20)19-10-8-18(9-11-19)12-13-21-2/h3-7H,1,8-13H2,2H3,(H,17,20). The second kappa shape index (κ2) is 8.10. The van der Waals surface area contributed by atoms with Crippen LogP contribution in [0.15, 0.2) is 30.8 Å². The molecule has 21 heavy (non-hydrogen) atoms. The molecule has 1 N–H and O–H groups in total. The van der Waals surface area contributed by atoms with Crippen LogP contribution in [-0.4, -0.2) is 60.6 Å². The summed E-state index contributed by atoms with van der Waals surface area (Å²) in [7, 11) is 0. The van der Waals surface area contributed by atoms with Crippen molar-refractivity contribution in [2.45, 2.75) is 0 Å². The molecule has 0 spiro atoms. The van der Waals surface area contributed by atoms with E-state index in [9.17, 15) is 4.79 Å². The minimum absolute atomic E-state index is 0.00845. The molecule has 2 amide bonds. The second-order valence-corrected chi connectivity index (χ2v) is 6.06. The first-order valence-corrected chi connectivity index (χ1v) is 8.62. The van der Waals surface area contributed by atoms with Gasteiger partial charge in [0.15, 0.2) is 0 Å². The van der Waals surface area contributed by atoms with Gasteiger partial charge in [-0.05, 0) is 24.0 Å². The second-order valence-electron chi connectivity index (χ2n) is 5.08. The van der Waals surface area contributed by atoms with Crippen molar-refractivity contribution in [3.05, 3.63) is 36.4 Å². The van der Waals surface area contributed by atoms with Gasteiger partial charge in [-0.3, -0.25) is 4.90 Å². The number of nitrogens with zero attached hydrogens (tertiary/aromatic N) is 2. The predicted octanol–water partition coefficient (Wildman–Crippen LogP) is 2.84. The third-order valence-electron chi connectivity index (χ3n) is 3.67. The van der Waals surface area contributed by atoms with E-state index in [1.165, 1.54) is 0 Å². The molecular weight excluding hydrogens is 282 g/mol. The van der Waals surface area contributed by atoms with Crippen LogP contribution in [0, 0.1) is 0 Å². The molecule has 1 aromatic carbocycles. The molecule has 0 aromatic heterocycles. The van der Waals surface area contributed by atoms with E-state index in [2.05, 4.69) is 23.1 Å². The summed E-state index contributed by atoms with van der Waals surface area (Å²) in [5.74, 6) is 1.15. The Hall–Kier alpha value is -1.46. The van der Waals surface area contributed by atoms with Crippen LogP contribution < -0.4 is 5.32 Å². The fourth-order valence-corrected chi connectivity index (χ4v) is 2.74. The molecule has 1 fully saturated rings. The SMILES string of the molecule is C=Cc1ccc(NC(=O)N2CCN(CCSC)CC2)cc1. The molecular formula is C16H23N3OS. The Morgan fingerprint density at radius 2 is 1.95 bits per heavy atom. The largest absolute Gasteiger partial charge is 0.322 e. The molecule has 0 bridgehead atoms. The number of hydrogen-bond acceptors (Lipinski definition) is 3. The Bertz CT molecular complexity index is 467. The molecule has 0 atom stereocenters. The van der Waals surface area contributed by atoms with Crippen LogP contribution >= 0.6 is 11.8 Å². The van der Waals surface area contributed by atoms with Crippen molar-refractivity contribution in [1.29, 1.82) is 0 Å². The summed E-state index contributed by atoms with van der Waals surface area (Å²) in [5.41, 5.74) is 1.88. The van der Waals surface area contributed by atoms with E-state index >= 15 is 0 Å². The van der Waals surface area contributed by atoms with Gasteiger partial charge in [0, 0.05) is 44.2 Å². The van der Waals surface area contributed by atoms with Crippen LogP contribution in [0.3, 0.4) is 0 Å². The lowest BCUT2D eigenvalue weighted by molar-refractivity contribution is 0.152. The normalized spacial score (nSPS) is 15.8. The minimum atomic E-state index is -0.00845. The molecule has 0 saturated carbocycles. The van der Waals surface area contributed by atoms with Gasteiger partial charge in [0.1, 0.15) is 0 Å². The molecule has 5 heteroatoms. The maximum absolute atomic E-state index is 12.2. The average Bonchev–Trinajstić information content (AvgIpc) is 2.54. The molecule has 0 radical (unpaired) electrons. The number of anilines is 1. The zero-order valence-electron chi connectivity index (χ0n) is 12.5. The number of thioether (sulfide) groups is 1. The van der Waals surface area contributed by atoms with E-state index in [0.717, 1.165) is 49.7 Å². The van der Waals surface area contributed by atoms with Crippen molar-refractivity contribution in [2.75, 3.05) is 50.0 Å². The summed E-state index contributed by atoms with van der Waals surface area (Å²) in [6.45, 7) is 8.35. The highest BCUT2D eigenvalue weighted by atomic mass is 32.2. The molecule has 0 aliphatic carbocycles. The lowest BCUT2D eigenvalue weighted by Gasteiger charge is -2.34. The van der Waals surface area contributed by atoms with Gasteiger partial charge in [0.25, 0.3) is 0 Å². The summed E-state index contributed by atoms with van der Waals surface area (Å²) >= 11 is 1.87. The zero-order valence-corrected chi connectivity index (χ0v) is 13.4. The van der Waals surface area contributed by atoms with Crippen LogP contribution in [0.5, 0.6) is 0 Å². The fourth-order valence-electron chi connectivity index (χ4n) is 2.30. The van der Waals surface area contributed by atoms with Crippen LogP contribution in [0.25, 0.3) is 6.08 Å². The highest BCUT2D eigenvalue weighted by Gasteiger charge is 2.20. The van der Waals surface area contributed by atoms with Crippen LogP contribution in [0.1, 0.15) is 5.56 Å². The molecule has 1 aliphatic rings. The number of carbonyl (C=O) groups excluding carboxylic acids is 1. The fraction of sp³-hybridized carbons (Fsp3) is 0.438. The van der Waals surface area contributed by atoms with Crippen LogP contribution in [0.2, 0.25) is 0 Å². The van der Waals surface area contributed by atoms with Gasteiger partial charge in [-0.1, -0.05) is 24.8 Å². The van der Waals surface area contributed by atoms with Crippen molar-refractivity contribution >= 4 is 29.6 Å². The van der Waals surface area contributed by atoms with Crippen molar-refractivity contribution in [3.63, 3.8) is 0 Å². The van der Waals surface area contributed by atoms with Crippen molar-refractivity contribution < 1.29 is 4.79 Å². The highest BCUT2D eigenvalue weighted by Crippen LogP contribution is 2.12. The average molecular weight is 305 g/mol. The van der Waals surface area contributed by atoms with Crippen LogP contribution in [0.4, 0.5) is 10.5 Å². The molecule has 0 unspecified atom stereocenters. The van der Waals surface area contributed by atoms with Crippen LogP contribution in [-0.2, 0) is 0 Å². The molecule has 1 aliphatic heterocycles. The summed E-state index contributed by atoms with van der Waals surface area (Å²) in [5, 5.41) is 2.95. The molecule has 114 valence electrons. The van der Waals surface area contributed by atoms with Gasteiger partial charge < -0.3 is 10.2 Å². The van der Waals surface area contributed by atoms with E-state index < -0.39 is 0 Å². The Balaban J connectivity index is 1.80. The first kappa shape index (κ1) is 15.9. The van der Waals surface area contributed by atoms with E-state index in [1.54, 1.807) is 6.08 Å². The van der Waals surface area contributed by atoms with E-state index in [0.29, 0.717) is 0 Å². The third-order valence-corrected chi connectivity index (χ3v) is 4.26. The summed E-state index contributed by atoms with van der Waals surface area (Å²) in [6.07, 6.45) is 3.92. The minimum Gasteiger partial charge on any atom is -0.322 e. The number of rotatable bonds is 5. The number of urea groups is 1. The van der Waals surface area contributed by atoms with Gasteiger partial charge in [-0.15, -0.1) is 0 Å². The number of piperazine rings is 1. The summed E-state index contributed by atoms with van der Waals surface area (Å²) < 4.78 is 0. The third kappa shape index (κ3) is 4.79. The Labute approximate surface area is 131 Å². The Morgan fingerprint density at radius 3 is 2.52 bits per heavy atom. The molecule has 1 saturated heterocycles. The van der Waals surface area contributed by atoms with E-state index in [-0.39, 0.29) is 6.03 Å².